The van der Waals surface area contributed by atoms with E-state index >= 15 is 0 Å². The molecule has 0 atom stereocenters. The largest absolute Gasteiger partial charge is 0.478 e. The fourth-order valence-corrected chi connectivity index (χ4v) is 2.29. The monoisotopic (exact) mass is 394 g/mol. The maximum atomic E-state index is 12.1. The molecule has 0 saturated carbocycles. The van der Waals surface area contributed by atoms with E-state index in [4.69, 9.17) is 0 Å². The predicted molar refractivity (Wildman–Crippen MR) is 105 cm³/mol. The summed E-state index contributed by atoms with van der Waals surface area (Å²) < 4.78 is 0. The van der Waals surface area contributed by atoms with Crippen LogP contribution >= 0.6 is 0 Å². The van der Waals surface area contributed by atoms with Gasteiger partial charge in [-0.05, 0) is 23.3 Å². The molecule has 0 aromatic heterocycles. The molecule has 0 radical (unpaired) electrons. The molecular formula is C21H18N2O6. The lowest BCUT2D eigenvalue weighted by molar-refractivity contribution is -0.136. The zero-order valence-electron chi connectivity index (χ0n) is 15.2. The van der Waals surface area contributed by atoms with Gasteiger partial charge in [0, 0.05) is 5.57 Å². The van der Waals surface area contributed by atoms with Crippen LogP contribution in [0.25, 0.3) is 12.2 Å². The number of amides is 2. The molecule has 0 fully saturated rings. The van der Waals surface area contributed by atoms with Gasteiger partial charge in [0.25, 0.3) is 5.91 Å². The summed E-state index contributed by atoms with van der Waals surface area (Å²) in [7, 11) is 0. The number of hydrogen-bond acceptors (Lipinski definition) is 4. The number of aliphatic carboxylic acids is 2. The fourth-order valence-electron chi connectivity index (χ4n) is 2.29. The molecule has 0 aliphatic carbocycles. The van der Waals surface area contributed by atoms with Gasteiger partial charge in [0.15, 0.2) is 0 Å². The van der Waals surface area contributed by atoms with E-state index < -0.39 is 35.7 Å². The third kappa shape index (κ3) is 6.79. The third-order valence-corrected chi connectivity index (χ3v) is 3.67. The molecule has 8 heteroatoms. The summed E-state index contributed by atoms with van der Waals surface area (Å²) in [4.78, 5) is 46.8. The Morgan fingerprint density at radius 3 is 1.72 bits per heavy atom. The van der Waals surface area contributed by atoms with Gasteiger partial charge in [-0.1, -0.05) is 60.7 Å². The molecule has 0 saturated heterocycles. The zero-order chi connectivity index (χ0) is 21.2. The van der Waals surface area contributed by atoms with E-state index in [1.54, 1.807) is 60.7 Å². The molecule has 4 N–H and O–H groups in total. The van der Waals surface area contributed by atoms with Crippen LogP contribution in [0.4, 0.5) is 0 Å². The number of carboxylic acid groups (broad SMARTS) is 2. The highest BCUT2D eigenvalue weighted by atomic mass is 16.4. The molecule has 0 spiro atoms. The van der Waals surface area contributed by atoms with Crippen molar-refractivity contribution in [3.05, 3.63) is 82.9 Å². The van der Waals surface area contributed by atoms with Gasteiger partial charge < -0.3 is 10.2 Å². The van der Waals surface area contributed by atoms with Crippen molar-refractivity contribution in [1.29, 1.82) is 0 Å². The van der Waals surface area contributed by atoms with Crippen LogP contribution < -0.4 is 10.9 Å². The van der Waals surface area contributed by atoms with E-state index in [0.717, 1.165) is 6.08 Å². The maximum Gasteiger partial charge on any atom is 0.341 e. The van der Waals surface area contributed by atoms with Crippen molar-refractivity contribution in [3.63, 3.8) is 0 Å². The number of carbonyl (C=O) groups is 4. The minimum atomic E-state index is -1.48. The first-order valence-corrected chi connectivity index (χ1v) is 8.45. The van der Waals surface area contributed by atoms with Crippen LogP contribution in [0.15, 0.2) is 71.8 Å². The first kappa shape index (κ1) is 21.1. The predicted octanol–water partition coefficient (Wildman–Crippen LogP) is 1.86. The number of benzene rings is 2. The van der Waals surface area contributed by atoms with Crippen molar-refractivity contribution in [2.45, 2.75) is 6.42 Å². The number of hydrogen-bond donors (Lipinski definition) is 4. The SMILES string of the molecule is O=C(C/C(=C/c1ccccc1)C(=O)O)NNC(=O)/C(=C/c1ccccc1)C(=O)O. The van der Waals surface area contributed by atoms with Gasteiger partial charge in [-0.25, -0.2) is 9.59 Å². The Balaban J connectivity index is 2.03. The molecule has 2 amide bonds. The summed E-state index contributed by atoms with van der Waals surface area (Å²) in [6.07, 6.45) is 1.97. The summed E-state index contributed by atoms with van der Waals surface area (Å²) >= 11 is 0. The van der Waals surface area contributed by atoms with Crippen molar-refractivity contribution in [2.75, 3.05) is 0 Å². The fraction of sp³-hybridized carbons (Fsp3) is 0.0476. The highest BCUT2D eigenvalue weighted by molar-refractivity contribution is 6.19. The van der Waals surface area contributed by atoms with Crippen molar-refractivity contribution in [3.8, 4) is 0 Å². The highest BCUT2D eigenvalue weighted by Crippen LogP contribution is 2.10. The number of hydrazine groups is 1. The van der Waals surface area contributed by atoms with Gasteiger partial charge in [-0.15, -0.1) is 0 Å². The van der Waals surface area contributed by atoms with Crippen LogP contribution in [0.1, 0.15) is 17.5 Å². The van der Waals surface area contributed by atoms with Crippen LogP contribution in [0.2, 0.25) is 0 Å². The van der Waals surface area contributed by atoms with Crippen LogP contribution in [0.3, 0.4) is 0 Å². The summed E-state index contributed by atoms with van der Waals surface area (Å²) in [5.41, 5.74) is 4.32. The lowest BCUT2D eigenvalue weighted by atomic mass is 10.1. The number of carboxylic acids is 2. The Morgan fingerprint density at radius 2 is 1.24 bits per heavy atom. The Hall–Kier alpha value is -4.20. The lowest BCUT2D eigenvalue weighted by Crippen LogP contribution is -2.43. The molecule has 2 aromatic carbocycles. The highest BCUT2D eigenvalue weighted by Gasteiger charge is 2.19. The van der Waals surface area contributed by atoms with Crippen LogP contribution in [-0.2, 0) is 19.2 Å². The Kier molecular flexibility index (Phi) is 7.43. The lowest BCUT2D eigenvalue weighted by Gasteiger charge is -2.08. The second kappa shape index (κ2) is 10.2. The van der Waals surface area contributed by atoms with Crippen molar-refractivity contribution in [2.24, 2.45) is 0 Å². The van der Waals surface area contributed by atoms with E-state index in [9.17, 15) is 29.4 Å². The van der Waals surface area contributed by atoms with Gasteiger partial charge in [0.05, 0.1) is 6.42 Å². The van der Waals surface area contributed by atoms with E-state index in [-0.39, 0.29) is 5.57 Å². The zero-order valence-corrected chi connectivity index (χ0v) is 15.2. The smallest absolute Gasteiger partial charge is 0.341 e. The third-order valence-electron chi connectivity index (χ3n) is 3.67. The van der Waals surface area contributed by atoms with Crippen molar-refractivity contribution >= 4 is 35.9 Å². The van der Waals surface area contributed by atoms with Crippen molar-refractivity contribution in [1.82, 2.24) is 10.9 Å². The average molecular weight is 394 g/mol. The van der Waals surface area contributed by atoms with E-state index in [1.165, 1.54) is 6.08 Å². The Bertz CT molecular complexity index is 965. The molecule has 0 aliphatic heterocycles. The Labute approximate surface area is 166 Å². The normalized spacial score (nSPS) is 11.4. The molecule has 0 bridgehead atoms. The van der Waals surface area contributed by atoms with Gasteiger partial charge in [-0.3, -0.25) is 20.4 Å². The van der Waals surface area contributed by atoms with E-state index in [2.05, 4.69) is 0 Å². The van der Waals surface area contributed by atoms with Gasteiger partial charge in [0.2, 0.25) is 5.91 Å². The van der Waals surface area contributed by atoms with Crippen LogP contribution in [-0.4, -0.2) is 34.0 Å². The molecule has 8 nitrogen and oxygen atoms in total. The topological polar surface area (TPSA) is 133 Å². The summed E-state index contributed by atoms with van der Waals surface area (Å²) in [6, 6.07) is 16.9. The van der Waals surface area contributed by atoms with E-state index in [1.807, 2.05) is 10.9 Å². The minimum Gasteiger partial charge on any atom is -0.478 e. The number of rotatable bonds is 7. The molecule has 29 heavy (non-hydrogen) atoms. The summed E-state index contributed by atoms with van der Waals surface area (Å²) in [5, 5.41) is 18.5. The van der Waals surface area contributed by atoms with Gasteiger partial charge in [-0.2, -0.15) is 0 Å². The van der Waals surface area contributed by atoms with Crippen molar-refractivity contribution < 1.29 is 29.4 Å². The molecular weight excluding hydrogens is 376 g/mol. The average Bonchev–Trinajstić information content (AvgIpc) is 2.71. The van der Waals surface area contributed by atoms with Crippen LogP contribution in [0.5, 0.6) is 0 Å². The standard InChI is InChI=1S/C21H18N2O6/c24-18(13-16(20(26)27)11-14-7-3-1-4-8-14)22-23-19(25)17(21(28)29)12-15-9-5-2-6-10-15/h1-12H,13H2,(H,22,24)(H,23,25)(H,26,27)(H,28,29)/b16-11-,17-12-. The maximum absolute atomic E-state index is 12.1. The van der Waals surface area contributed by atoms with Gasteiger partial charge >= 0.3 is 11.9 Å². The summed E-state index contributed by atoms with van der Waals surface area (Å²) in [5.74, 6) is -4.62. The molecule has 0 unspecified atom stereocenters. The minimum absolute atomic E-state index is 0.193. The number of nitrogens with one attached hydrogen (secondary N) is 2. The molecule has 148 valence electrons. The van der Waals surface area contributed by atoms with Gasteiger partial charge in [0.1, 0.15) is 5.57 Å². The number of carbonyl (C=O) groups excluding carboxylic acids is 2. The molecule has 0 aliphatic rings. The van der Waals surface area contributed by atoms with Crippen LogP contribution in [0, 0.1) is 0 Å². The molecule has 2 aromatic rings. The first-order chi connectivity index (χ1) is 13.9. The van der Waals surface area contributed by atoms with E-state index in [0.29, 0.717) is 11.1 Å². The first-order valence-electron chi connectivity index (χ1n) is 8.45. The molecule has 2 rings (SSSR count). The second-order valence-corrected chi connectivity index (χ2v) is 5.84. The quantitative estimate of drug-likeness (QED) is 0.245. The second-order valence-electron chi connectivity index (χ2n) is 5.84. The Morgan fingerprint density at radius 1 is 0.724 bits per heavy atom. The molecule has 0 heterocycles. The summed E-state index contributed by atoms with van der Waals surface area (Å²) in [6.45, 7) is 0.